The first kappa shape index (κ1) is 10.3. The maximum Gasteiger partial charge on any atom is 0.414 e. The van der Waals surface area contributed by atoms with Crippen molar-refractivity contribution in [3.05, 3.63) is 42.2 Å². The van der Waals surface area contributed by atoms with Gasteiger partial charge in [0.2, 0.25) is 0 Å². The van der Waals surface area contributed by atoms with Gasteiger partial charge in [-0.25, -0.2) is 4.79 Å². The van der Waals surface area contributed by atoms with Crippen LogP contribution in [0.5, 0.6) is 0 Å². The highest BCUT2D eigenvalue weighted by Gasteiger charge is 2.00. The zero-order valence-corrected chi connectivity index (χ0v) is 8.31. The summed E-state index contributed by atoms with van der Waals surface area (Å²) >= 11 is 0. The summed E-state index contributed by atoms with van der Waals surface area (Å²) < 4.78 is 4.81. The average Bonchev–Trinajstić information content (AvgIpc) is 2.19. The Morgan fingerprint density at radius 1 is 1.29 bits per heavy atom. The van der Waals surface area contributed by atoms with Gasteiger partial charge in [-0.3, -0.25) is 0 Å². The molecule has 0 spiro atoms. The van der Waals surface area contributed by atoms with E-state index in [1.807, 2.05) is 30.3 Å². The van der Waals surface area contributed by atoms with Crippen molar-refractivity contribution in [1.29, 1.82) is 0 Å². The van der Waals surface area contributed by atoms with Crippen LogP contribution >= 0.6 is 0 Å². The summed E-state index contributed by atoms with van der Waals surface area (Å²) in [5.41, 5.74) is 0.999. The number of hydrogen-bond donors (Lipinski definition) is 0. The van der Waals surface area contributed by atoms with Gasteiger partial charge in [0, 0.05) is 14.1 Å². The van der Waals surface area contributed by atoms with E-state index in [-0.39, 0.29) is 6.09 Å². The minimum atomic E-state index is -0.378. The van der Waals surface area contributed by atoms with E-state index in [0.717, 1.165) is 5.56 Å². The van der Waals surface area contributed by atoms with Crippen LogP contribution in [-0.2, 0) is 4.74 Å². The molecule has 74 valence electrons. The number of carbonyl (C=O) groups excluding carboxylic acids is 1. The maximum absolute atomic E-state index is 11.0. The summed E-state index contributed by atoms with van der Waals surface area (Å²) in [6, 6.07) is 9.64. The third-order valence-corrected chi connectivity index (χ3v) is 1.59. The molecule has 1 aromatic carbocycles. The van der Waals surface area contributed by atoms with Gasteiger partial charge in [-0.2, -0.15) is 0 Å². The lowest BCUT2D eigenvalue weighted by atomic mass is 10.2. The Kier molecular flexibility index (Phi) is 3.73. The van der Waals surface area contributed by atoms with E-state index in [4.69, 9.17) is 4.74 Å². The summed E-state index contributed by atoms with van der Waals surface area (Å²) in [5, 5.41) is 0. The highest BCUT2D eigenvalue weighted by Crippen LogP contribution is 2.01. The minimum Gasteiger partial charge on any atom is -0.418 e. The zero-order chi connectivity index (χ0) is 10.4. The minimum absolute atomic E-state index is 0.378. The summed E-state index contributed by atoms with van der Waals surface area (Å²) in [7, 11) is 3.28. The molecule has 0 saturated heterocycles. The molecule has 0 aliphatic carbocycles. The maximum atomic E-state index is 11.0. The van der Waals surface area contributed by atoms with Crippen LogP contribution in [0, 0.1) is 0 Å². The predicted octanol–water partition coefficient (Wildman–Crippen LogP) is 2.36. The zero-order valence-electron chi connectivity index (χ0n) is 8.31. The van der Waals surface area contributed by atoms with Crippen LogP contribution in [0.25, 0.3) is 6.08 Å². The molecule has 0 unspecified atom stereocenters. The van der Waals surface area contributed by atoms with E-state index in [1.54, 1.807) is 20.2 Å². The summed E-state index contributed by atoms with van der Waals surface area (Å²) in [6.45, 7) is 0. The van der Waals surface area contributed by atoms with Crippen LogP contribution in [0.15, 0.2) is 36.6 Å². The molecule has 0 fully saturated rings. The Hall–Kier alpha value is -1.77. The van der Waals surface area contributed by atoms with Crippen LogP contribution in [0.2, 0.25) is 0 Å². The van der Waals surface area contributed by atoms with Gasteiger partial charge < -0.3 is 9.64 Å². The van der Waals surface area contributed by atoms with Gasteiger partial charge in [-0.1, -0.05) is 30.3 Å². The largest absolute Gasteiger partial charge is 0.418 e. The lowest BCUT2D eigenvalue weighted by Crippen LogP contribution is -2.20. The van der Waals surface area contributed by atoms with Crippen LogP contribution in [0.4, 0.5) is 4.79 Å². The normalized spacial score (nSPS) is 10.1. The second-order valence-corrected chi connectivity index (χ2v) is 2.99. The van der Waals surface area contributed by atoms with Crippen molar-refractivity contribution < 1.29 is 9.53 Å². The first-order valence-corrected chi connectivity index (χ1v) is 4.29. The van der Waals surface area contributed by atoms with Crippen molar-refractivity contribution >= 4 is 12.2 Å². The van der Waals surface area contributed by atoms with Gasteiger partial charge >= 0.3 is 6.09 Å². The predicted molar refractivity (Wildman–Crippen MR) is 55.6 cm³/mol. The van der Waals surface area contributed by atoms with Crippen molar-refractivity contribution in [3.63, 3.8) is 0 Å². The Morgan fingerprint density at radius 2 is 1.93 bits per heavy atom. The van der Waals surface area contributed by atoms with Gasteiger partial charge in [-0.05, 0) is 11.6 Å². The molecule has 14 heavy (non-hydrogen) atoms. The van der Waals surface area contributed by atoms with Gasteiger partial charge in [0.25, 0.3) is 0 Å². The van der Waals surface area contributed by atoms with Crippen molar-refractivity contribution in [2.75, 3.05) is 14.1 Å². The molecule has 0 saturated carbocycles. The van der Waals surface area contributed by atoms with Gasteiger partial charge in [0.1, 0.15) is 0 Å². The van der Waals surface area contributed by atoms with Gasteiger partial charge in [0.05, 0.1) is 6.26 Å². The first-order valence-electron chi connectivity index (χ1n) is 4.29. The van der Waals surface area contributed by atoms with Crippen LogP contribution < -0.4 is 0 Å². The smallest absolute Gasteiger partial charge is 0.414 e. The molecule has 0 aliphatic rings. The highest BCUT2D eigenvalue weighted by atomic mass is 16.5. The fraction of sp³-hybridized carbons (Fsp3) is 0.182. The molecule has 1 rings (SSSR count). The Bertz CT molecular complexity index is 317. The monoisotopic (exact) mass is 191 g/mol. The number of amides is 1. The quantitative estimate of drug-likeness (QED) is 0.671. The number of rotatable bonds is 2. The topological polar surface area (TPSA) is 29.5 Å². The van der Waals surface area contributed by atoms with E-state index in [1.165, 1.54) is 11.2 Å². The molecule has 0 aromatic heterocycles. The standard InChI is InChI=1S/C11H13NO2/c1-12(2)11(13)14-9-8-10-6-4-3-5-7-10/h3-9H,1-2H3/b9-8-. The molecule has 0 N–H and O–H groups in total. The van der Waals surface area contributed by atoms with E-state index in [2.05, 4.69) is 0 Å². The lowest BCUT2D eigenvalue weighted by molar-refractivity contribution is 0.156. The van der Waals surface area contributed by atoms with E-state index < -0.39 is 0 Å². The molecule has 0 atom stereocenters. The fourth-order valence-electron chi connectivity index (χ4n) is 0.840. The average molecular weight is 191 g/mol. The van der Waals surface area contributed by atoms with Crippen LogP contribution in [0.1, 0.15) is 5.56 Å². The summed E-state index contributed by atoms with van der Waals surface area (Å²) in [6.07, 6.45) is 2.75. The highest BCUT2D eigenvalue weighted by molar-refractivity contribution is 5.68. The molecular weight excluding hydrogens is 178 g/mol. The summed E-state index contributed by atoms with van der Waals surface area (Å²) in [4.78, 5) is 12.4. The number of ether oxygens (including phenoxy) is 1. The molecule has 0 aliphatic heterocycles. The third kappa shape index (κ3) is 3.31. The lowest BCUT2D eigenvalue weighted by Gasteiger charge is -2.06. The van der Waals surface area contributed by atoms with Crippen molar-refractivity contribution in [2.45, 2.75) is 0 Å². The van der Waals surface area contributed by atoms with Crippen LogP contribution in [-0.4, -0.2) is 25.1 Å². The molecule has 1 aromatic rings. The first-order chi connectivity index (χ1) is 6.70. The van der Waals surface area contributed by atoms with Crippen LogP contribution in [0.3, 0.4) is 0 Å². The van der Waals surface area contributed by atoms with E-state index in [0.29, 0.717) is 0 Å². The van der Waals surface area contributed by atoms with E-state index in [9.17, 15) is 4.79 Å². The second kappa shape index (κ2) is 5.07. The summed E-state index contributed by atoms with van der Waals surface area (Å²) in [5.74, 6) is 0. The second-order valence-electron chi connectivity index (χ2n) is 2.99. The Labute approximate surface area is 83.6 Å². The SMILES string of the molecule is CN(C)C(=O)O/C=C\c1ccccc1. The number of nitrogens with zero attached hydrogens (tertiary/aromatic N) is 1. The number of benzene rings is 1. The Balaban J connectivity index is 2.46. The molecule has 0 radical (unpaired) electrons. The molecule has 0 heterocycles. The molecule has 3 heteroatoms. The molecule has 1 amide bonds. The molecular formula is C11H13NO2. The number of carbonyl (C=O) groups is 1. The van der Waals surface area contributed by atoms with Crippen molar-refractivity contribution in [1.82, 2.24) is 4.90 Å². The van der Waals surface area contributed by atoms with Gasteiger partial charge in [-0.15, -0.1) is 0 Å². The van der Waals surface area contributed by atoms with E-state index >= 15 is 0 Å². The fourth-order valence-corrected chi connectivity index (χ4v) is 0.840. The number of hydrogen-bond acceptors (Lipinski definition) is 2. The van der Waals surface area contributed by atoms with Crippen molar-refractivity contribution in [2.24, 2.45) is 0 Å². The third-order valence-electron chi connectivity index (χ3n) is 1.59. The van der Waals surface area contributed by atoms with Crippen molar-refractivity contribution in [3.8, 4) is 0 Å². The Morgan fingerprint density at radius 3 is 2.50 bits per heavy atom. The van der Waals surface area contributed by atoms with Gasteiger partial charge in [0.15, 0.2) is 0 Å². The molecule has 3 nitrogen and oxygen atoms in total. The molecule has 0 bridgehead atoms.